The van der Waals surface area contributed by atoms with Crippen LogP contribution in [0.2, 0.25) is 0 Å². The lowest BCUT2D eigenvalue weighted by atomic mass is 10.1. The van der Waals surface area contributed by atoms with Crippen LogP contribution in [0.1, 0.15) is 47.6 Å². The number of likely N-dealkylation sites (tertiary alicyclic amines) is 1. The summed E-state index contributed by atoms with van der Waals surface area (Å²) in [4.78, 5) is 25.8. The molecule has 1 atom stereocenters. The van der Waals surface area contributed by atoms with Crippen molar-refractivity contribution in [3.63, 3.8) is 0 Å². The maximum atomic E-state index is 13.7. The summed E-state index contributed by atoms with van der Waals surface area (Å²) in [5.41, 5.74) is 2.76. The largest absolute Gasteiger partial charge is 0.477 e. The van der Waals surface area contributed by atoms with Gasteiger partial charge in [-0.05, 0) is 50.5 Å². The van der Waals surface area contributed by atoms with Crippen molar-refractivity contribution < 1.29 is 14.1 Å². The van der Waals surface area contributed by atoms with Crippen molar-refractivity contribution in [3.05, 3.63) is 65.9 Å². The highest BCUT2D eigenvalue weighted by molar-refractivity contribution is 5.98. The number of aromatic nitrogens is 6. The molecule has 1 saturated heterocycles. The molecule has 33 heavy (non-hydrogen) atoms. The Morgan fingerprint density at radius 2 is 2.03 bits per heavy atom. The summed E-state index contributed by atoms with van der Waals surface area (Å²) in [6.07, 6.45) is 6.41. The van der Waals surface area contributed by atoms with Gasteiger partial charge in [-0.25, -0.2) is 4.98 Å². The number of ether oxygens (including phenoxy) is 1. The number of carbonyl (C=O) groups is 1. The predicted molar refractivity (Wildman–Crippen MR) is 118 cm³/mol. The van der Waals surface area contributed by atoms with Gasteiger partial charge in [-0.15, -0.1) is 0 Å². The van der Waals surface area contributed by atoms with Gasteiger partial charge in [-0.2, -0.15) is 20.0 Å². The molecule has 1 amide bonds. The van der Waals surface area contributed by atoms with E-state index < -0.39 is 0 Å². The SMILES string of the molecule is CCOc1ncccc1-c1noc(C2CCCN2C(=O)c2cccc(C)c2-n2nccn2)n1. The number of nitrogens with zero attached hydrogens (tertiary/aromatic N) is 7. The molecule has 1 aliphatic rings. The fourth-order valence-corrected chi connectivity index (χ4v) is 4.14. The Bertz CT molecular complexity index is 1270. The van der Waals surface area contributed by atoms with Crippen molar-refractivity contribution in [2.45, 2.75) is 32.7 Å². The Kier molecular flexibility index (Phi) is 5.55. The first-order valence-electron chi connectivity index (χ1n) is 10.9. The smallest absolute Gasteiger partial charge is 0.256 e. The Morgan fingerprint density at radius 3 is 2.85 bits per heavy atom. The molecule has 5 rings (SSSR count). The molecule has 0 spiro atoms. The fraction of sp³-hybridized carbons (Fsp3) is 0.304. The van der Waals surface area contributed by atoms with E-state index in [1.165, 1.54) is 4.80 Å². The van der Waals surface area contributed by atoms with Crippen molar-refractivity contribution in [1.82, 2.24) is 35.0 Å². The van der Waals surface area contributed by atoms with Gasteiger partial charge < -0.3 is 14.2 Å². The van der Waals surface area contributed by atoms with E-state index in [4.69, 9.17) is 9.26 Å². The van der Waals surface area contributed by atoms with Gasteiger partial charge in [0, 0.05) is 12.7 Å². The average molecular weight is 445 g/mol. The van der Waals surface area contributed by atoms with Crippen LogP contribution in [0.4, 0.5) is 0 Å². The molecule has 0 radical (unpaired) electrons. The van der Waals surface area contributed by atoms with Crippen LogP contribution in [0.3, 0.4) is 0 Å². The highest BCUT2D eigenvalue weighted by Crippen LogP contribution is 2.35. The highest BCUT2D eigenvalue weighted by Gasteiger charge is 2.36. The Labute approximate surface area is 190 Å². The van der Waals surface area contributed by atoms with E-state index in [-0.39, 0.29) is 11.9 Å². The monoisotopic (exact) mass is 445 g/mol. The molecular weight excluding hydrogens is 422 g/mol. The van der Waals surface area contributed by atoms with Gasteiger partial charge >= 0.3 is 0 Å². The maximum absolute atomic E-state index is 13.7. The second kappa shape index (κ2) is 8.81. The van der Waals surface area contributed by atoms with Crippen molar-refractivity contribution in [2.75, 3.05) is 13.2 Å². The van der Waals surface area contributed by atoms with Crippen LogP contribution in [0.5, 0.6) is 5.88 Å². The zero-order valence-corrected chi connectivity index (χ0v) is 18.4. The van der Waals surface area contributed by atoms with E-state index in [1.807, 2.05) is 32.0 Å². The van der Waals surface area contributed by atoms with E-state index in [2.05, 4.69) is 25.3 Å². The molecule has 4 heterocycles. The lowest BCUT2D eigenvalue weighted by Crippen LogP contribution is -2.32. The maximum Gasteiger partial charge on any atom is 0.256 e. The van der Waals surface area contributed by atoms with Crippen molar-refractivity contribution in [2.24, 2.45) is 0 Å². The van der Waals surface area contributed by atoms with E-state index in [9.17, 15) is 4.79 Å². The molecule has 1 aromatic carbocycles. The Morgan fingerprint density at radius 1 is 1.18 bits per heavy atom. The van der Waals surface area contributed by atoms with Crippen molar-refractivity contribution >= 4 is 5.91 Å². The number of aryl methyl sites for hydroxylation is 1. The minimum Gasteiger partial charge on any atom is -0.477 e. The van der Waals surface area contributed by atoms with Gasteiger partial charge in [-0.1, -0.05) is 17.3 Å². The second-order valence-corrected chi connectivity index (χ2v) is 7.69. The summed E-state index contributed by atoms with van der Waals surface area (Å²) in [7, 11) is 0. The van der Waals surface area contributed by atoms with Crippen LogP contribution in [0, 0.1) is 6.92 Å². The van der Waals surface area contributed by atoms with Crippen LogP contribution in [0.25, 0.3) is 17.1 Å². The molecule has 0 N–H and O–H groups in total. The van der Waals surface area contributed by atoms with Crippen LogP contribution in [0.15, 0.2) is 53.4 Å². The van der Waals surface area contributed by atoms with E-state index in [1.54, 1.807) is 35.6 Å². The van der Waals surface area contributed by atoms with Gasteiger partial charge in [0.2, 0.25) is 17.6 Å². The topological polar surface area (TPSA) is 112 Å². The second-order valence-electron chi connectivity index (χ2n) is 7.69. The third-order valence-corrected chi connectivity index (χ3v) is 5.62. The number of amides is 1. The third-order valence-electron chi connectivity index (χ3n) is 5.62. The molecule has 1 unspecified atom stereocenters. The van der Waals surface area contributed by atoms with E-state index in [0.29, 0.717) is 47.6 Å². The Hall–Kier alpha value is -4.08. The fourth-order valence-electron chi connectivity index (χ4n) is 4.14. The van der Waals surface area contributed by atoms with Crippen molar-refractivity contribution in [1.29, 1.82) is 0 Å². The highest BCUT2D eigenvalue weighted by atomic mass is 16.5. The van der Waals surface area contributed by atoms with Gasteiger partial charge in [0.05, 0.1) is 30.1 Å². The third kappa shape index (κ3) is 3.84. The van der Waals surface area contributed by atoms with Crippen LogP contribution in [-0.4, -0.2) is 54.1 Å². The van der Waals surface area contributed by atoms with E-state index in [0.717, 1.165) is 18.4 Å². The standard InChI is InChI=1S/C23H23N7O3/c1-3-32-21-17(9-5-11-24-21)20-27-22(33-28-20)18-10-6-14-29(18)23(31)16-8-4-7-15(2)19(16)30-25-12-13-26-30/h4-5,7-9,11-13,18H,3,6,10,14H2,1-2H3. The van der Waals surface area contributed by atoms with Gasteiger partial charge in [-0.3, -0.25) is 4.79 Å². The number of hydrogen-bond acceptors (Lipinski definition) is 8. The first-order valence-corrected chi connectivity index (χ1v) is 10.9. The average Bonchev–Trinajstić information content (AvgIpc) is 3.60. The molecule has 1 fully saturated rings. The summed E-state index contributed by atoms with van der Waals surface area (Å²) in [5.74, 6) is 1.11. The molecule has 4 aromatic rings. The van der Waals surface area contributed by atoms with E-state index >= 15 is 0 Å². The normalized spacial score (nSPS) is 15.7. The molecule has 10 heteroatoms. The Balaban J connectivity index is 1.46. The van der Waals surface area contributed by atoms with Crippen molar-refractivity contribution in [3.8, 4) is 23.0 Å². The predicted octanol–water partition coefficient (Wildman–Crippen LogP) is 3.40. The number of benzene rings is 1. The lowest BCUT2D eigenvalue weighted by molar-refractivity contribution is 0.0709. The minimum absolute atomic E-state index is 0.121. The molecule has 0 aliphatic carbocycles. The van der Waals surface area contributed by atoms with Gasteiger partial charge in [0.25, 0.3) is 5.91 Å². The molecule has 168 valence electrons. The minimum atomic E-state index is -0.315. The summed E-state index contributed by atoms with van der Waals surface area (Å²) < 4.78 is 11.2. The van der Waals surface area contributed by atoms with Gasteiger partial charge in [0.1, 0.15) is 11.7 Å². The summed E-state index contributed by atoms with van der Waals surface area (Å²) in [6, 6.07) is 8.91. The summed E-state index contributed by atoms with van der Waals surface area (Å²) in [6.45, 7) is 4.90. The number of para-hydroxylation sites is 1. The molecule has 10 nitrogen and oxygen atoms in total. The molecule has 0 bridgehead atoms. The molecular formula is C23H23N7O3. The first kappa shape index (κ1) is 20.8. The van der Waals surface area contributed by atoms with Gasteiger partial charge in [0.15, 0.2) is 0 Å². The lowest BCUT2D eigenvalue weighted by Gasteiger charge is -2.23. The van der Waals surface area contributed by atoms with Crippen LogP contribution in [-0.2, 0) is 0 Å². The number of pyridine rings is 1. The number of carbonyl (C=O) groups excluding carboxylic acids is 1. The number of hydrogen-bond donors (Lipinski definition) is 0. The number of rotatable bonds is 6. The summed E-state index contributed by atoms with van der Waals surface area (Å²) >= 11 is 0. The molecule has 0 saturated carbocycles. The zero-order chi connectivity index (χ0) is 22.8. The van der Waals surface area contributed by atoms with Crippen LogP contribution >= 0.6 is 0 Å². The molecule has 1 aliphatic heterocycles. The first-order chi connectivity index (χ1) is 16.2. The molecule has 3 aromatic heterocycles. The summed E-state index contributed by atoms with van der Waals surface area (Å²) in [5, 5.41) is 12.6. The van der Waals surface area contributed by atoms with Crippen LogP contribution < -0.4 is 4.74 Å². The quantitative estimate of drug-likeness (QED) is 0.444. The zero-order valence-electron chi connectivity index (χ0n) is 18.4.